The number of nitriles is 2. The second-order valence-corrected chi connectivity index (χ2v) is 4.94. The van der Waals surface area contributed by atoms with Crippen molar-refractivity contribution in [3.8, 4) is 12.1 Å². The SMILES string of the molecule is N#CC1(C#N)[C@@H](C(=O)c2ccco2)[C@@H]1c1ccc(F)cc1. The van der Waals surface area contributed by atoms with Gasteiger partial charge in [-0.25, -0.2) is 4.39 Å². The van der Waals surface area contributed by atoms with Crippen molar-refractivity contribution in [1.29, 1.82) is 10.5 Å². The number of benzene rings is 1. The number of carbonyl (C=O) groups excluding carboxylic acids is 1. The van der Waals surface area contributed by atoms with Gasteiger partial charge in [0.25, 0.3) is 0 Å². The molecule has 21 heavy (non-hydrogen) atoms. The molecule has 0 amide bonds. The standard InChI is InChI=1S/C16H9FN2O2/c17-11-5-3-10(4-6-11)13-14(16(13,8-18)9-19)15(20)12-2-1-7-21-12/h1-7,13-14H/t13-,14+/m0/s1. The summed E-state index contributed by atoms with van der Waals surface area (Å²) in [4.78, 5) is 12.4. The van der Waals surface area contributed by atoms with Gasteiger partial charge < -0.3 is 4.42 Å². The minimum absolute atomic E-state index is 0.125. The Balaban J connectivity index is 2.00. The van der Waals surface area contributed by atoms with Crippen molar-refractivity contribution in [1.82, 2.24) is 0 Å². The summed E-state index contributed by atoms with van der Waals surface area (Å²) in [7, 11) is 0. The first-order valence-corrected chi connectivity index (χ1v) is 6.29. The molecule has 1 aliphatic rings. The van der Waals surface area contributed by atoms with Gasteiger partial charge in [-0.1, -0.05) is 12.1 Å². The summed E-state index contributed by atoms with van der Waals surface area (Å²) in [6, 6.07) is 12.5. The maximum absolute atomic E-state index is 13.0. The average molecular weight is 280 g/mol. The predicted molar refractivity (Wildman–Crippen MR) is 69.3 cm³/mol. The van der Waals surface area contributed by atoms with Gasteiger partial charge in [-0.15, -0.1) is 0 Å². The first kappa shape index (κ1) is 13.1. The molecule has 0 saturated heterocycles. The lowest BCUT2D eigenvalue weighted by molar-refractivity contribution is 0.0930. The molecule has 1 saturated carbocycles. The Morgan fingerprint density at radius 1 is 1.19 bits per heavy atom. The molecule has 2 aromatic rings. The smallest absolute Gasteiger partial charge is 0.204 e. The van der Waals surface area contributed by atoms with E-state index in [9.17, 15) is 19.7 Å². The molecule has 1 aliphatic carbocycles. The van der Waals surface area contributed by atoms with Crippen LogP contribution >= 0.6 is 0 Å². The third-order valence-corrected chi connectivity index (χ3v) is 3.85. The van der Waals surface area contributed by atoms with E-state index in [0.29, 0.717) is 5.56 Å². The van der Waals surface area contributed by atoms with Gasteiger partial charge in [0.15, 0.2) is 11.2 Å². The molecule has 0 spiro atoms. The molecule has 0 radical (unpaired) electrons. The van der Waals surface area contributed by atoms with Crippen LogP contribution in [0, 0.1) is 39.8 Å². The zero-order valence-electron chi connectivity index (χ0n) is 10.8. The molecule has 102 valence electrons. The number of Topliss-reactive ketones (excluding diaryl/α,β-unsaturated/α-hetero) is 1. The van der Waals surface area contributed by atoms with Gasteiger partial charge in [0, 0.05) is 5.92 Å². The summed E-state index contributed by atoms with van der Waals surface area (Å²) in [6.45, 7) is 0. The molecule has 1 heterocycles. The molecule has 0 unspecified atom stereocenters. The molecule has 4 nitrogen and oxygen atoms in total. The van der Waals surface area contributed by atoms with Crippen molar-refractivity contribution < 1.29 is 13.6 Å². The first-order valence-electron chi connectivity index (χ1n) is 6.29. The molecular formula is C16H9FN2O2. The normalized spacial score (nSPS) is 22.0. The molecule has 5 heteroatoms. The van der Waals surface area contributed by atoms with Crippen LogP contribution in [0.1, 0.15) is 22.0 Å². The highest BCUT2D eigenvalue weighted by molar-refractivity contribution is 6.00. The fourth-order valence-corrected chi connectivity index (χ4v) is 2.75. The molecule has 0 bridgehead atoms. The van der Waals surface area contributed by atoms with Crippen LogP contribution in [0.2, 0.25) is 0 Å². The topological polar surface area (TPSA) is 77.8 Å². The minimum Gasteiger partial charge on any atom is -0.461 e. The number of rotatable bonds is 3. The Morgan fingerprint density at radius 2 is 1.86 bits per heavy atom. The van der Waals surface area contributed by atoms with Gasteiger partial charge >= 0.3 is 0 Å². The van der Waals surface area contributed by atoms with Gasteiger partial charge in [0.1, 0.15) is 5.82 Å². The Labute approximate surface area is 120 Å². The molecule has 1 aromatic carbocycles. The van der Waals surface area contributed by atoms with Crippen LogP contribution in [0.3, 0.4) is 0 Å². The average Bonchev–Trinajstić information content (AvgIpc) is 2.87. The van der Waals surface area contributed by atoms with Crippen LogP contribution in [0.25, 0.3) is 0 Å². The monoisotopic (exact) mass is 280 g/mol. The van der Waals surface area contributed by atoms with E-state index in [-0.39, 0.29) is 11.5 Å². The van der Waals surface area contributed by atoms with Crippen molar-refractivity contribution >= 4 is 5.78 Å². The van der Waals surface area contributed by atoms with E-state index >= 15 is 0 Å². The van der Waals surface area contributed by atoms with Gasteiger partial charge in [0.2, 0.25) is 5.78 Å². The Hall–Kier alpha value is -2.92. The summed E-state index contributed by atoms with van der Waals surface area (Å²) in [6.07, 6.45) is 1.36. The summed E-state index contributed by atoms with van der Waals surface area (Å²) in [5, 5.41) is 18.7. The highest BCUT2D eigenvalue weighted by atomic mass is 19.1. The van der Waals surface area contributed by atoms with Gasteiger partial charge in [0.05, 0.1) is 24.3 Å². The lowest BCUT2D eigenvalue weighted by Gasteiger charge is -1.98. The minimum atomic E-state index is -1.41. The van der Waals surface area contributed by atoms with Crippen molar-refractivity contribution in [2.45, 2.75) is 5.92 Å². The molecular weight excluding hydrogens is 271 g/mol. The molecule has 3 rings (SSSR count). The van der Waals surface area contributed by atoms with Crippen LogP contribution < -0.4 is 0 Å². The summed E-state index contributed by atoms with van der Waals surface area (Å²) >= 11 is 0. The highest BCUT2D eigenvalue weighted by Gasteiger charge is 2.71. The number of nitrogens with zero attached hydrogens (tertiary/aromatic N) is 2. The number of hydrogen-bond acceptors (Lipinski definition) is 4. The van der Waals surface area contributed by atoms with Crippen molar-refractivity contribution in [2.75, 3.05) is 0 Å². The van der Waals surface area contributed by atoms with Crippen LogP contribution in [-0.2, 0) is 0 Å². The zero-order chi connectivity index (χ0) is 15.0. The third-order valence-electron chi connectivity index (χ3n) is 3.85. The summed E-state index contributed by atoms with van der Waals surface area (Å²) in [5.41, 5.74) is -0.814. The van der Waals surface area contributed by atoms with Crippen LogP contribution in [0.4, 0.5) is 4.39 Å². The Bertz CT molecular complexity index is 752. The first-order chi connectivity index (χ1) is 10.1. The van der Waals surface area contributed by atoms with E-state index in [2.05, 4.69) is 0 Å². The summed E-state index contributed by atoms with van der Waals surface area (Å²) < 4.78 is 18.0. The summed E-state index contributed by atoms with van der Waals surface area (Å²) in [5.74, 6) is -2.01. The number of hydrogen-bond donors (Lipinski definition) is 0. The lowest BCUT2D eigenvalue weighted by Crippen LogP contribution is -2.07. The largest absolute Gasteiger partial charge is 0.461 e. The van der Waals surface area contributed by atoms with Crippen LogP contribution in [0.5, 0.6) is 0 Å². The quantitative estimate of drug-likeness (QED) is 0.809. The van der Waals surface area contributed by atoms with Gasteiger partial charge in [-0.2, -0.15) is 10.5 Å². The third kappa shape index (κ3) is 1.83. The molecule has 1 fully saturated rings. The van der Waals surface area contributed by atoms with E-state index in [1.165, 1.54) is 36.6 Å². The fourth-order valence-electron chi connectivity index (χ4n) is 2.75. The van der Waals surface area contributed by atoms with Crippen molar-refractivity contribution in [2.24, 2.45) is 11.3 Å². The Kier molecular flexibility index (Phi) is 2.85. The fraction of sp³-hybridized carbons (Fsp3) is 0.188. The number of carbonyl (C=O) groups is 1. The highest BCUT2D eigenvalue weighted by Crippen LogP contribution is 2.65. The maximum atomic E-state index is 13.0. The molecule has 0 N–H and O–H groups in total. The van der Waals surface area contributed by atoms with Crippen molar-refractivity contribution in [3.05, 3.63) is 59.8 Å². The second kappa shape index (κ2) is 4.57. The van der Waals surface area contributed by atoms with Gasteiger partial charge in [-0.05, 0) is 29.8 Å². The van der Waals surface area contributed by atoms with E-state index in [1.54, 1.807) is 6.07 Å². The van der Waals surface area contributed by atoms with E-state index < -0.39 is 23.1 Å². The molecule has 1 aromatic heterocycles. The molecule has 2 atom stereocenters. The van der Waals surface area contributed by atoms with E-state index in [4.69, 9.17) is 4.42 Å². The lowest BCUT2D eigenvalue weighted by atomic mass is 10.0. The number of halogens is 1. The van der Waals surface area contributed by atoms with Gasteiger partial charge in [-0.3, -0.25) is 4.79 Å². The molecule has 0 aliphatic heterocycles. The predicted octanol–water partition coefficient (Wildman–Crippen LogP) is 3.05. The maximum Gasteiger partial charge on any atom is 0.204 e. The van der Waals surface area contributed by atoms with E-state index in [0.717, 1.165) is 0 Å². The van der Waals surface area contributed by atoms with E-state index in [1.807, 2.05) is 12.1 Å². The zero-order valence-corrected chi connectivity index (χ0v) is 10.8. The van der Waals surface area contributed by atoms with Crippen LogP contribution in [0.15, 0.2) is 47.1 Å². The van der Waals surface area contributed by atoms with Crippen LogP contribution in [-0.4, -0.2) is 5.78 Å². The number of ketones is 1. The Morgan fingerprint density at radius 3 is 2.38 bits per heavy atom. The number of furan rings is 1. The second-order valence-electron chi connectivity index (χ2n) is 4.94. The van der Waals surface area contributed by atoms with Crippen molar-refractivity contribution in [3.63, 3.8) is 0 Å².